The summed E-state index contributed by atoms with van der Waals surface area (Å²) < 4.78 is 37.7. The molecule has 230 valence electrons. The van der Waals surface area contributed by atoms with E-state index >= 15 is 0 Å². The molecule has 2 atom stereocenters. The highest BCUT2D eigenvalue weighted by Crippen LogP contribution is 2.33. The smallest absolute Gasteiger partial charge is 0.371 e. The second kappa shape index (κ2) is 13.1. The summed E-state index contributed by atoms with van der Waals surface area (Å²) in [7, 11) is 0. The molecule has 0 spiro atoms. The molecule has 0 aliphatic carbocycles. The Bertz CT molecular complexity index is 1500. The predicted octanol–water partition coefficient (Wildman–Crippen LogP) is 5.13. The number of aromatic nitrogens is 1. The Balaban J connectivity index is 1.16. The van der Waals surface area contributed by atoms with Gasteiger partial charge in [-0.1, -0.05) is 54.1 Å². The van der Waals surface area contributed by atoms with Crippen molar-refractivity contribution in [2.24, 2.45) is 0 Å². The minimum Gasteiger partial charge on any atom is -0.371 e. The molecule has 2 fully saturated rings. The average Bonchev–Trinajstić information content (AvgIpc) is 2.98. The molecule has 8 nitrogen and oxygen atoms in total. The van der Waals surface area contributed by atoms with Gasteiger partial charge < -0.3 is 15.5 Å². The SMILES string of the molecule is C[C@@H]1CN(c2ncc(Nc3c(NCC(F)(F)F)c(=O)c3=O)cc2Cl)[C@@H](C)CN1C1CCN(CC=Cc2ccccc2)CC1. The standard InChI is InChI=1S/C31H36ClF3N6O2/c1-20-18-41(21(2)17-40(20)24-10-13-39(14-11-24)12-6-9-22-7-4-3-5-8-22)30-25(32)15-23(16-36-30)38-27-26(28(42)29(27)43)37-19-31(33,34)35/h3-9,15-16,20-21,24,37-38H,10-14,17-19H2,1-2H3/t20-,21+/m1/s1. The third-order valence-electron chi connectivity index (χ3n) is 8.27. The summed E-state index contributed by atoms with van der Waals surface area (Å²) >= 11 is 6.62. The van der Waals surface area contributed by atoms with Crippen LogP contribution in [0.15, 0.2) is 58.3 Å². The summed E-state index contributed by atoms with van der Waals surface area (Å²) in [5.41, 5.74) is -0.983. The number of anilines is 4. The normalized spacial score (nSPS) is 21.1. The Morgan fingerprint density at radius 1 is 1.02 bits per heavy atom. The molecule has 0 radical (unpaired) electrons. The van der Waals surface area contributed by atoms with Crippen LogP contribution >= 0.6 is 11.6 Å². The van der Waals surface area contributed by atoms with Gasteiger partial charge in [0.25, 0.3) is 10.9 Å². The van der Waals surface area contributed by atoms with Crippen molar-refractivity contribution in [2.45, 2.75) is 51.0 Å². The summed E-state index contributed by atoms with van der Waals surface area (Å²) in [6.07, 6.45) is 3.59. The zero-order valence-electron chi connectivity index (χ0n) is 24.2. The fourth-order valence-corrected chi connectivity index (χ4v) is 6.29. The largest absolute Gasteiger partial charge is 0.405 e. The van der Waals surface area contributed by atoms with Crippen LogP contribution < -0.4 is 26.4 Å². The van der Waals surface area contributed by atoms with Crippen molar-refractivity contribution >= 4 is 40.6 Å². The number of rotatable bonds is 9. The summed E-state index contributed by atoms with van der Waals surface area (Å²) in [6, 6.07) is 12.9. The van der Waals surface area contributed by atoms with Crippen molar-refractivity contribution in [3.05, 3.63) is 79.7 Å². The monoisotopic (exact) mass is 616 g/mol. The van der Waals surface area contributed by atoms with Crippen LogP contribution in [0.4, 0.5) is 36.1 Å². The lowest BCUT2D eigenvalue weighted by atomic mass is 9.98. The van der Waals surface area contributed by atoms with Gasteiger partial charge in [0.15, 0.2) is 0 Å². The second-order valence-electron chi connectivity index (χ2n) is 11.4. The molecular formula is C31H36ClF3N6O2. The topological polar surface area (TPSA) is 80.8 Å². The van der Waals surface area contributed by atoms with Crippen LogP contribution in [0.25, 0.3) is 6.08 Å². The lowest BCUT2D eigenvalue weighted by Crippen LogP contribution is -2.61. The van der Waals surface area contributed by atoms with Crippen LogP contribution in [0, 0.1) is 0 Å². The van der Waals surface area contributed by atoms with Crippen LogP contribution in [0.1, 0.15) is 32.3 Å². The maximum atomic E-state index is 12.6. The molecule has 2 aromatic carbocycles. The number of hydrogen-bond donors (Lipinski definition) is 2. The van der Waals surface area contributed by atoms with Crippen molar-refractivity contribution in [3.63, 3.8) is 0 Å². The minimum atomic E-state index is -4.53. The molecule has 1 aromatic heterocycles. The highest BCUT2D eigenvalue weighted by molar-refractivity contribution is 6.33. The highest BCUT2D eigenvalue weighted by Gasteiger charge is 2.36. The molecule has 2 N–H and O–H groups in total. The Hall–Kier alpha value is -3.41. The molecule has 2 aliphatic rings. The van der Waals surface area contributed by atoms with Gasteiger partial charge in [0, 0.05) is 37.8 Å². The summed E-state index contributed by atoms with van der Waals surface area (Å²) in [5.74, 6) is 0.603. The molecule has 12 heteroatoms. The number of likely N-dealkylation sites (tertiary alicyclic amines) is 1. The highest BCUT2D eigenvalue weighted by atomic mass is 35.5. The number of alkyl halides is 3. The molecule has 3 heterocycles. The van der Waals surface area contributed by atoms with Crippen molar-refractivity contribution in [1.82, 2.24) is 14.8 Å². The first-order chi connectivity index (χ1) is 20.5. The minimum absolute atomic E-state index is 0.151. The van der Waals surface area contributed by atoms with Gasteiger partial charge in [-0.3, -0.25) is 19.4 Å². The fraction of sp³-hybridized carbons (Fsp3) is 0.452. The number of halogens is 4. The molecule has 5 rings (SSSR count). The van der Waals surface area contributed by atoms with Gasteiger partial charge in [0.1, 0.15) is 23.7 Å². The zero-order chi connectivity index (χ0) is 30.7. The Labute approximate surface area is 253 Å². The van der Waals surface area contributed by atoms with Crippen LogP contribution in [-0.2, 0) is 0 Å². The Morgan fingerprint density at radius 2 is 1.72 bits per heavy atom. The number of nitrogens with zero attached hydrogens (tertiary/aromatic N) is 4. The Kier molecular flexibility index (Phi) is 9.43. The molecule has 2 saturated heterocycles. The van der Waals surface area contributed by atoms with Crippen molar-refractivity contribution in [2.75, 3.05) is 54.8 Å². The van der Waals surface area contributed by atoms with Gasteiger partial charge in [0.05, 0.1) is 16.9 Å². The third-order valence-corrected chi connectivity index (χ3v) is 8.55. The van der Waals surface area contributed by atoms with Crippen LogP contribution in [-0.4, -0.2) is 78.4 Å². The number of benzene rings is 1. The van der Waals surface area contributed by atoms with E-state index in [0.29, 0.717) is 22.6 Å². The van der Waals surface area contributed by atoms with E-state index in [0.717, 1.165) is 45.6 Å². The number of piperazine rings is 1. The van der Waals surface area contributed by atoms with E-state index in [1.807, 2.05) is 23.5 Å². The number of piperidine rings is 1. The van der Waals surface area contributed by atoms with Crippen molar-refractivity contribution in [1.29, 1.82) is 0 Å². The molecule has 0 saturated carbocycles. The molecule has 43 heavy (non-hydrogen) atoms. The third kappa shape index (κ3) is 7.39. The first-order valence-corrected chi connectivity index (χ1v) is 14.9. The first kappa shape index (κ1) is 31.0. The molecule has 2 aliphatic heterocycles. The van der Waals surface area contributed by atoms with E-state index in [2.05, 4.69) is 63.1 Å². The number of pyridine rings is 1. The van der Waals surface area contributed by atoms with Gasteiger partial charge in [0.2, 0.25) is 0 Å². The lowest BCUT2D eigenvalue weighted by molar-refractivity contribution is -0.115. The lowest BCUT2D eigenvalue weighted by Gasteiger charge is -2.49. The molecule has 0 amide bonds. The van der Waals surface area contributed by atoms with Gasteiger partial charge >= 0.3 is 6.18 Å². The van der Waals surface area contributed by atoms with Gasteiger partial charge in [-0.15, -0.1) is 0 Å². The summed E-state index contributed by atoms with van der Waals surface area (Å²) in [4.78, 5) is 35.6. The van der Waals surface area contributed by atoms with Gasteiger partial charge in [-0.25, -0.2) is 4.98 Å². The van der Waals surface area contributed by atoms with Gasteiger partial charge in [-0.05, 0) is 51.4 Å². The Morgan fingerprint density at radius 3 is 2.40 bits per heavy atom. The zero-order valence-corrected chi connectivity index (χ0v) is 25.0. The molecule has 0 unspecified atom stereocenters. The van der Waals surface area contributed by atoms with E-state index < -0.39 is 29.3 Å². The van der Waals surface area contributed by atoms with E-state index in [-0.39, 0.29) is 17.8 Å². The van der Waals surface area contributed by atoms with Crippen LogP contribution in [0.3, 0.4) is 0 Å². The number of hydrogen-bond acceptors (Lipinski definition) is 8. The van der Waals surface area contributed by atoms with Crippen LogP contribution in [0.2, 0.25) is 5.02 Å². The maximum Gasteiger partial charge on any atom is 0.405 e. The molecule has 3 aromatic rings. The van der Waals surface area contributed by atoms with Crippen LogP contribution in [0.5, 0.6) is 0 Å². The van der Waals surface area contributed by atoms with Crippen molar-refractivity contribution in [3.8, 4) is 0 Å². The first-order valence-electron chi connectivity index (χ1n) is 14.5. The van der Waals surface area contributed by atoms with Crippen molar-refractivity contribution < 1.29 is 13.2 Å². The van der Waals surface area contributed by atoms with E-state index in [9.17, 15) is 22.8 Å². The second-order valence-corrected chi connectivity index (χ2v) is 11.8. The summed E-state index contributed by atoms with van der Waals surface area (Å²) in [5, 5.41) is 5.05. The number of nitrogens with one attached hydrogen (secondary N) is 2. The maximum absolute atomic E-state index is 12.6. The molecule has 0 bridgehead atoms. The van der Waals surface area contributed by atoms with E-state index in [1.54, 1.807) is 6.07 Å². The summed E-state index contributed by atoms with van der Waals surface area (Å²) in [6.45, 7) is 7.63. The predicted molar refractivity (Wildman–Crippen MR) is 166 cm³/mol. The van der Waals surface area contributed by atoms with E-state index in [4.69, 9.17) is 11.6 Å². The average molecular weight is 617 g/mol. The fourth-order valence-electron chi connectivity index (χ4n) is 6.02. The molecular weight excluding hydrogens is 581 g/mol. The van der Waals surface area contributed by atoms with E-state index in [1.165, 1.54) is 11.8 Å². The van der Waals surface area contributed by atoms with Gasteiger partial charge in [-0.2, -0.15) is 13.2 Å². The quantitative estimate of drug-likeness (QED) is 0.321.